The number of aliphatic hydroxyl groups is 2. The van der Waals surface area contributed by atoms with Gasteiger partial charge in [0.2, 0.25) is 0 Å². The summed E-state index contributed by atoms with van der Waals surface area (Å²) >= 11 is 0. The Morgan fingerprint density at radius 2 is 1.00 bits per heavy atom. The number of hydrogen-bond acceptors (Lipinski definition) is 5. The summed E-state index contributed by atoms with van der Waals surface area (Å²) in [6.45, 7) is -0.250. The zero-order valence-corrected chi connectivity index (χ0v) is 4.23. The second-order valence-corrected chi connectivity index (χ2v) is 0.794. The molecular weight excluding hydrogens is 115 g/mol. The molecule has 0 radical (unpaired) electrons. The molecule has 0 aliphatic heterocycles. The molecule has 0 atom stereocenters. The van der Waals surface area contributed by atoms with Crippen LogP contribution in [0.4, 0.5) is 0 Å². The first kappa shape index (κ1) is 10.8. The summed E-state index contributed by atoms with van der Waals surface area (Å²) < 4.78 is 0. The third-order valence-electron chi connectivity index (χ3n) is 0.1000. The maximum absolute atomic E-state index is 7.62. The Labute approximate surface area is 47.0 Å². The molecule has 0 amide bonds. The fraction of sp³-hybridized carbons (Fsp3) is 1.00. The topological polar surface area (TPSA) is 101 Å². The van der Waals surface area contributed by atoms with E-state index in [-0.39, 0.29) is 13.2 Å². The summed E-state index contributed by atoms with van der Waals surface area (Å²) in [5.41, 5.74) is 0. The largest absolute Gasteiger partial charge is 0.631 e. The minimum Gasteiger partial charge on any atom is -0.402 e. The first-order chi connectivity index (χ1) is 3.65. The molecule has 50 valence electrons. The van der Waals surface area contributed by atoms with Gasteiger partial charge in [0.15, 0.2) is 0 Å². The van der Waals surface area contributed by atoms with Gasteiger partial charge in [0.1, 0.15) is 0 Å². The van der Waals surface area contributed by atoms with Gasteiger partial charge in [-0.3, -0.25) is 0 Å². The van der Waals surface area contributed by atoms with E-state index in [4.69, 9.17) is 25.3 Å². The first-order valence-corrected chi connectivity index (χ1v) is 1.91. The number of hydrogen-bond donors (Lipinski definition) is 5. The molecule has 0 fully saturated rings. The molecule has 8 heavy (non-hydrogen) atoms. The second-order valence-electron chi connectivity index (χ2n) is 0.794. The summed E-state index contributed by atoms with van der Waals surface area (Å²) in [7, 11) is -2.17. The molecule has 0 aliphatic carbocycles. The molecule has 0 rings (SSSR count). The lowest BCUT2D eigenvalue weighted by atomic mass is 10.3. The van der Waals surface area contributed by atoms with Gasteiger partial charge in [-0.2, -0.15) is 0 Å². The van der Waals surface area contributed by atoms with Crippen molar-refractivity contribution in [1.82, 2.24) is 0 Å². The molecule has 0 aromatic heterocycles. The van der Waals surface area contributed by atoms with Gasteiger partial charge in [-0.1, -0.05) is 0 Å². The van der Waals surface area contributed by atoms with Gasteiger partial charge in [0.25, 0.3) is 0 Å². The molecule has 0 spiro atoms. The zero-order chi connectivity index (χ0) is 6.99. The van der Waals surface area contributed by atoms with Crippen LogP contribution in [-0.4, -0.2) is 45.8 Å². The highest BCUT2D eigenvalue weighted by atomic mass is 16.5. The Kier molecular flexibility index (Phi) is 13.4. The molecule has 0 saturated carbocycles. The molecule has 0 aromatic carbocycles. The SMILES string of the molecule is OB(O)O.OCCO. The lowest BCUT2D eigenvalue weighted by molar-refractivity contribution is 0.186. The van der Waals surface area contributed by atoms with E-state index < -0.39 is 7.32 Å². The van der Waals surface area contributed by atoms with Crippen LogP contribution in [0.5, 0.6) is 0 Å². The van der Waals surface area contributed by atoms with Crippen molar-refractivity contribution in [3.8, 4) is 0 Å². The third kappa shape index (κ3) is 186. The fourth-order valence-corrected chi connectivity index (χ4v) is 0. The van der Waals surface area contributed by atoms with Crippen molar-refractivity contribution < 1.29 is 25.3 Å². The molecule has 0 heterocycles. The summed E-state index contributed by atoms with van der Waals surface area (Å²) in [6, 6.07) is 0. The second kappa shape index (κ2) is 9.98. The van der Waals surface area contributed by atoms with Gasteiger partial charge in [-0.05, 0) is 0 Å². The van der Waals surface area contributed by atoms with E-state index >= 15 is 0 Å². The van der Waals surface area contributed by atoms with Gasteiger partial charge >= 0.3 is 7.32 Å². The quantitative estimate of drug-likeness (QED) is 0.238. The van der Waals surface area contributed by atoms with E-state index in [0.29, 0.717) is 0 Å². The van der Waals surface area contributed by atoms with Gasteiger partial charge in [-0.25, -0.2) is 0 Å². The molecule has 0 aliphatic rings. The van der Waals surface area contributed by atoms with Crippen molar-refractivity contribution in [2.24, 2.45) is 0 Å². The molecule has 5 nitrogen and oxygen atoms in total. The minimum atomic E-state index is -2.17. The Hall–Kier alpha value is -0.135. The van der Waals surface area contributed by atoms with E-state index in [1.165, 1.54) is 0 Å². The Morgan fingerprint density at radius 3 is 1.00 bits per heavy atom. The molecule has 5 N–H and O–H groups in total. The van der Waals surface area contributed by atoms with E-state index in [9.17, 15) is 0 Å². The third-order valence-corrected chi connectivity index (χ3v) is 0.1000. The predicted octanol–water partition coefficient (Wildman–Crippen LogP) is -3.08. The minimum absolute atomic E-state index is 0.125. The average molecular weight is 124 g/mol. The molecule has 0 aromatic rings. The van der Waals surface area contributed by atoms with Crippen molar-refractivity contribution in [2.75, 3.05) is 13.2 Å². The summed E-state index contributed by atoms with van der Waals surface area (Å²) in [4.78, 5) is 0. The molecule has 6 heteroatoms. The van der Waals surface area contributed by atoms with Crippen molar-refractivity contribution in [2.45, 2.75) is 0 Å². The van der Waals surface area contributed by atoms with Crippen LogP contribution in [0.2, 0.25) is 0 Å². The van der Waals surface area contributed by atoms with Crippen LogP contribution in [0.15, 0.2) is 0 Å². The molecule has 0 bridgehead atoms. The highest BCUT2D eigenvalue weighted by Crippen LogP contribution is 1.40. The predicted molar refractivity (Wildman–Crippen MR) is 26.6 cm³/mol. The lowest BCUT2D eigenvalue weighted by Gasteiger charge is -1.70. The van der Waals surface area contributed by atoms with E-state index in [2.05, 4.69) is 0 Å². The first-order valence-electron chi connectivity index (χ1n) is 1.91. The van der Waals surface area contributed by atoms with Crippen LogP contribution in [-0.2, 0) is 0 Å². The van der Waals surface area contributed by atoms with Crippen LogP contribution >= 0.6 is 0 Å². The van der Waals surface area contributed by atoms with Gasteiger partial charge in [0, 0.05) is 0 Å². The van der Waals surface area contributed by atoms with E-state index in [1.54, 1.807) is 0 Å². The molecule has 0 unspecified atom stereocenters. The van der Waals surface area contributed by atoms with Crippen molar-refractivity contribution >= 4 is 7.32 Å². The molecule has 0 saturated heterocycles. The highest BCUT2D eigenvalue weighted by molar-refractivity contribution is 6.30. The number of aliphatic hydroxyl groups excluding tert-OH is 2. The Morgan fingerprint density at radius 1 is 0.875 bits per heavy atom. The fourth-order valence-electron chi connectivity index (χ4n) is 0. The highest BCUT2D eigenvalue weighted by Gasteiger charge is 1.92. The lowest BCUT2D eigenvalue weighted by Crippen LogP contribution is -2.07. The average Bonchev–Trinajstić information content (AvgIpc) is 1.65. The van der Waals surface area contributed by atoms with Gasteiger partial charge in [0.05, 0.1) is 13.2 Å². The maximum Gasteiger partial charge on any atom is 0.631 e. The van der Waals surface area contributed by atoms with Gasteiger partial charge in [-0.15, -0.1) is 0 Å². The summed E-state index contributed by atoms with van der Waals surface area (Å²) in [5, 5.41) is 36.8. The summed E-state index contributed by atoms with van der Waals surface area (Å²) in [6.07, 6.45) is 0. The Bertz CT molecular complexity index is 26.9. The van der Waals surface area contributed by atoms with E-state index in [0.717, 1.165) is 0 Å². The number of rotatable bonds is 1. The summed E-state index contributed by atoms with van der Waals surface area (Å²) in [5.74, 6) is 0. The Balaban J connectivity index is 0. The monoisotopic (exact) mass is 124 g/mol. The van der Waals surface area contributed by atoms with Crippen molar-refractivity contribution in [3.05, 3.63) is 0 Å². The standard InChI is InChI=1S/C2H6O2.BH3O3/c3-1-2-4;2-1(3)4/h3-4H,1-2H2;2-4H. The van der Waals surface area contributed by atoms with Crippen LogP contribution < -0.4 is 0 Å². The van der Waals surface area contributed by atoms with Crippen LogP contribution in [0, 0.1) is 0 Å². The smallest absolute Gasteiger partial charge is 0.402 e. The van der Waals surface area contributed by atoms with Gasteiger partial charge < -0.3 is 25.3 Å². The van der Waals surface area contributed by atoms with Crippen LogP contribution in [0.25, 0.3) is 0 Å². The van der Waals surface area contributed by atoms with Crippen molar-refractivity contribution in [3.63, 3.8) is 0 Å². The maximum atomic E-state index is 7.62. The van der Waals surface area contributed by atoms with Crippen LogP contribution in [0.3, 0.4) is 0 Å². The zero-order valence-electron chi connectivity index (χ0n) is 4.23. The van der Waals surface area contributed by atoms with Crippen LogP contribution in [0.1, 0.15) is 0 Å². The molecular formula is C2H9BO5. The normalized spacial score (nSPS) is 7.12. The van der Waals surface area contributed by atoms with Crippen molar-refractivity contribution in [1.29, 1.82) is 0 Å². The van der Waals surface area contributed by atoms with E-state index in [1.807, 2.05) is 0 Å².